The zero-order valence-electron chi connectivity index (χ0n) is 11.5. The Hall–Kier alpha value is -1.38. The second-order valence-electron chi connectivity index (χ2n) is 4.66. The number of aromatic nitrogens is 1. The standard InChI is InChI=1S/C15H24N2O/c1-3-5-6-7-10-13(4-2)15(18)17-14-11-8-9-12-16-14/h8-9,11-13H,3-7,10H2,1-2H3,(H,16,17,18). The summed E-state index contributed by atoms with van der Waals surface area (Å²) in [5.41, 5.74) is 0. The Morgan fingerprint density at radius 3 is 2.72 bits per heavy atom. The fourth-order valence-electron chi connectivity index (χ4n) is 2.00. The minimum Gasteiger partial charge on any atom is -0.310 e. The first-order chi connectivity index (χ1) is 8.77. The second kappa shape index (κ2) is 8.67. The van der Waals surface area contributed by atoms with Gasteiger partial charge in [0, 0.05) is 12.1 Å². The third-order valence-electron chi connectivity index (χ3n) is 3.19. The Kier molecular flexibility index (Phi) is 7.07. The van der Waals surface area contributed by atoms with E-state index >= 15 is 0 Å². The molecule has 100 valence electrons. The molecule has 3 nitrogen and oxygen atoms in total. The Morgan fingerprint density at radius 1 is 1.28 bits per heavy atom. The van der Waals surface area contributed by atoms with Crippen LogP contribution in [0.2, 0.25) is 0 Å². The summed E-state index contributed by atoms with van der Waals surface area (Å²) in [5.74, 6) is 0.867. The molecule has 18 heavy (non-hydrogen) atoms. The molecule has 1 aromatic rings. The summed E-state index contributed by atoms with van der Waals surface area (Å²) >= 11 is 0. The molecule has 1 amide bonds. The number of unbranched alkanes of at least 4 members (excludes halogenated alkanes) is 3. The largest absolute Gasteiger partial charge is 0.310 e. The molecule has 0 saturated carbocycles. The van der Waals surface area contributed by atoms with E-state index in [9.17, 15) is 4.79 Å². The molecule has 1 atom stereocenters. The lowest BCUT2D eigenvalue weighted by molar-refractivity contribution is -0.120. The van der Waals surface area contributed by atoms with Gasteiger partial charge in [-0.1, -0.05) is 45.6 Å². The van der Waals surface area contributed by atoms with Crippen LogP contribution in [0.5, 0.6) is 0 Å². The van der Waals surface area contributed by atoms with Crippen LogP contribution in [0.25, 0.3) is 0 Å². The van der Waals surface area contributed by atoms with Crippen molar-refractivity contribution in [3.63, 3.8) is 0 Å². The zero-order valence-corrected chi connectivity index (χ0v) is 11.5. The van der Waals surface area contributed by atoms with E-state index in [4.69, 9.17) is 0 Å². The molecule has 3 heteroatoms. The van der Waals surface area contributed by atoms with Crippen LogP contribution in [0.1, 0.15) is 52.4 Å². The number of hydrogen-bond acceptors (Lipinski definition) is 2. The molecule has 1 rings (SSSR count). The van der Waals surface area contributed by atoms with Gasteiger partial charge in [0.2, 0.25) is 5.91 Å². The van der Waals surface area contributed by atoms with Gasteiger partial charge in [0.15, 0.2) is 0 Å². The monoisotopic (exact) mass is 248 g/mol. The second-order valence-corrected chi connectivity index (χ2v) is 4.66. The molecule has 0 bridgehead atoms. The smallest absolute Gasteiger partial charge is 0.228 e. The van der Waals surface area contributed by atoms with Crippen LogP contribution in [0.4, 0.5) is 5.82 Å². The molecule has 1 unspecified atom stereocenters. The highest BCUT2D eigenvalue weighted by molar-refractivity contribution is 5.91. The van der Waals surface area contributed by atoms with Crippen LogP contribution < -0.4 is 5.32 Å². The summed E-state index contributed by atoms with van der Waals surface area (Å²) in [6.45, 7) is 4.27. The third-order valence-corrected chi connectivity index (χ3v) is 3.19. The maximum absolute atomic E-state index is 12.1. The van der Waals surface area contributed by atoms with E-state index < -0.39 is 0 Å². The van der Waals surface area contributed by atoms with Crippen molar-refractivity contribution >= 4 is 11.7 Å². The van der Waals surface area contributed by atoms with Crippen molar-refractivity contribution in [3.8, 4) is 0 Å². The van der Waals surface area contributed by atoms with Crippen molar-refractivity contribution in [2.75, 3.05) is 5.32 Å². The predicted octanol–water partition coefficient (Wildman–Crippen LogP) is 4.02. The maximum Gasteiger partial charge on any atom is 0.228 e. The molecule has 0 aliphatic heterocycles. The normalized spacial score (nSPS) is 12.1. The van der Waals surface area contributed by atoms with Crippen LogP contribution in [0.3, 0.4) is 0 Å². The van der Waals surface area contributed by atoms with Gasteiger partial charge in [-0.3, -0.25) is 4.79 Å². The van der Waals surface area contributed by atoms with Gasteiger partial charge in [0.25, 0.3) is 0 Å². The lowest BCUT2D eigenvalue weighted by atomic mass is 9.97. The average Bonchev–Trinajstić information content (AvgIpc) is 2.40. The molecule has 0 spiro atoms. The highest BCUT2D eigenvalue weighted by Crippen LogP contribution is 2.16. The summed E-state index contributed by atoms with van der Waals surface area (Å²) < 4.78 is 0. The number of carbonyl (C=O) groups is 1. The molecule has 0 radical (unpaired) electrons. The number of hydrogen-bond donors (Lipinski definition) is 1. The number of nitrogens with zero attached hydrogens (tertiary/aromatic N) is 1. The van der Waals surface area contributed by atoms with E-state index in [1.807, 2.05) is 18.2 Å². The number of nitrogens with one attached hydrogen (secondary N) is 1. The molecule has 0 saturated heterocycles. The highest BCUT2D eigenvalue weighted by Gasteiger charge is 2.16. The summed E-state index contributed by atoms with van der Waals surface area (Å²) in [5, 5.41) is 2.88. The number of rotatable bonds is 8. The van der Waals surface area contributed by atoms with E-state index in [-0.39, 0.29) is 11.8 Å². The van der Waals surface area contributed by atoms with Crippen molar-refractivity contribution in [2.24, 2.45) is 5.92 Å². The summed E-state index contributed by atoms with van der Waals surface area (Å²) in [7, 11) is 0. The topological polar surface area (TPSA) is 42.0 Å². The fourth-order valence-corrected chi connectivity index (χ4v) is 2.00. The van der Waals surface area contributed by atoms with Gasteiger partial charge >= 0.3 is 0 Å². The van der Waals surface area contributed by atoms with Gasteiger partial charge in [0.05, 0.1) is 0 Å². The predicted molar refractivity (Wildman–Crippen MR) is 75.4 cm³/mol. The lowest BCUT2D eigenvalue weighted by Gasteiger charge is -2.14. The van der Waals surface area contributed by atoms with Gasteiger partial charge < -0.3 is 5.32 Å². The van der Waals surface area contributed by atoms with Gasteiger partial charge in [-0.05, 0) is 25.0 Å². The van der Waals surface area contributed by atoms with Gasteiger partial charge in [-0.2, -0.15) is 0 Å². The molecule has 1 heterocycles. The highest BCUT2D eigenvalue weighted by atomic mass is 16.1. The minimum absolute atomic E-state index is 0.104. The number of carbonyl (C=O) groups excluding carboxylic acids is 1. The fraction of sp³-hybridized carbons (Fsp3) is 0.600. The summed E-state index contributed by atoms with van der Waals surface area (Å²) in [6.07, 6.45) is 8.43. The quantitative estimate of drug-likeness (QED) is 0.706. The van der Waals surface area contributed by atoms with Crippen LogP contribution in [0.15, 0.2) is 24.4 Å². The number of pyridine rings is 1. The van der Waals surface area contributed by atoms with Crippen molar-refractivity contribution < 1.29 is 4.79 Å². The van der Waals surface area contributed by atoms with Crippen LogP contribution >= 0.6 is 0 Å². The molecular weight excluding hydrogens is 224 g/mol. The van der Waals surface area contributed by atoms with Crippen molar-refractivity contribution in [3.05, 3.63) is 24.4 Å². The summed E-state index contributed by atoms with van der Waals surface area (Å²) in [4.78, 5) is 16.2. The van der Waals surface area contributed by atoms with Crippen LogP contribution in [-0.4, -0.2) is 10.9 Å². The van der Waals surface area contributed by atoms with Crippen LogP contribution in [-0.2, 0) is 4.79 Å². The summed E-state index contributed by atoms with van der Waals surface area (Å²) in [6, 6.07) is 5.55. The van der Waals surface area contributed by atoms with Gasteiger partial charge in [-0.25, -0.2) is 4.98 Å². The molecule has 1 N–H and O–H groups in total. The number of amides is 1. The molecule has 0 aliphatic carbocycles. The van der Waals surface area contributed by atoms with Crippen molar-refractivity contribution in [1.82, 2.24) is 4.98 Å². The molecule has 0 aromatic carbocycles. The molecule has 0 fully saturated rings. The van der Waals surface area contributed by atoms with E-state index in [0.29, 0.717) is 5.82 Å². The minimum atomic E-state index is 0.104. The average molecular weight is 248 g/mol. The van der Waals surface area contributed by atoms with E-state index in [1.54, 1.807) is 6.20 Å². The molecular formula is C15H24N2O. The molecule has 0 aliphatic rings. The van der Waals surface area contributed by atoms with Crippen molar-refractivity contribution in [2.45, 2.75) is 52.4 Å². The first-order valence-electron chi connectivity index (χ1n) is 6.99. The number of anilines is 1. The first kappa shape index (κ1) is 14.7. The Bertz CT molecular complexity index is 338. The Morgan fingerprint density at radius 2 is 2.11 bits per heavy atom. The molecule has 1 aromatic heterocycles. The first-order valence-corrected chi connectivity index (χ1v) is 6.99. The Balaban J connectivity index is 2.37. The third kappa shape index (κ3) is 5.30. The maximum atomic E-state index is 12.1. The van der Waals surface area contributed by atoms with Crippen molar-refractivity contribution in [1.29, 1.82) is 0 Å². The van der Waals surface area contributed by atoms with Gasteiger partial charge in [0.1, 0.15) is 5.82 Å². The lowest BCUT2D eigenvalue weighted by Crippen LogP contribution is -2.22. The van der Waals surface area contributed by atoms with Crippen LogP contribution in [0, 0.1) is 5.92 Å². The SMILES string of the molecule is CCCCCCC(CC)C(=O)Nc1ccccn1. The van der Waals surface area contributed by atoms with E-state index in [2.05, 4.69) is 24.1 Å². The zero-order chi connectivity index (χ0) is 13.2. The van der Waals surface area contributed by atoms with E-state index in [1.165, 1.54) is 19.3 Å². The van der Waals surface area contributed by atoms with E-state index in [0.717, 1.165) is 19.3 Å². The van der Waals surface area contributed by atoms with Gasteiger partial charge in [-0.15, -0.1) is 0 Å². The Labute approximate surface area is 110 Å².